The van der Waals surface area contributed by atoms with E-state index in [0.29, 0.717) is 0 Å². The quantitative estimate of drug-likeness (QED) is 0.379. The molecule has 0 fully saturated rings. The van der Waals surface area contributed by atoms with Crippen molar-refractivity contribution >= 4 is 16.9 Å². The van der Waals surface area contributed by atoms with Gasteiger partial charge in [-0.3, -0.25) is 5.41 Å². The van der Waals surface area contributed by atoms with Gasteiger partial charge in [-0.15, -0.1) is 0 Å². The fourth-order valence-electron chi connectivity index (χ4n) is 0.0898. The average Bonchev–Trinajstić information content (AvgIpc) is 1.35. The summed E-state index contributed by atoms with van der Waals surface area (Å²) in [5.74, 6) is 0. The molecule has 0 rings (SSSR count). The van der Waals surface area contributed by atoms with E-state index in [1.807, 2.05) is 0 Å². The minimum absolute atomic E-state index is 0.0880. The maximum atomic E-state index is 6.56. The summed E-state index contributed by atoms with van der Waals surface area (Å²) in [5, 5.41) is 8.17. The summed E-state index contributed by atoms with van der Waals surface area (Å²) in [4.78, 5) is 0. The molecule has 0 spiro atoms. The molecule has 0 aromatic heterocycles. The van der Waals surface area contributed by atoms with Gasteiger partial charge in [0.25, 0.3) is 0 Å². The van der Waals surface area contributed by atoms with E-state index in [0.717, 1.165) is 11.8 Å². The van der Waals surface area contributed by atoms with Crippen LogP contribution in [0.1, 0.15) is 0 Å². The summed E-state index contributed by atoms with van der Waals surface area (Å²) in [6.45, 7) is 3.34. The first-order valence-corrected chi connectivity index (χ1v) is 2.27. The van der Waals surface area contributed by atoms with Gasteiger partial charge in [-0.1, -0.05) is 18.3 Å². The van der Waals surface area contributed by atoms with Crippen LogP contribution in [0, 0.1) is 5.41 Å². The lowest BCUT2D eigenvalue weighted by Crippen LogP contribution is -2.00. The molecule has 0 heterocycles. The van der Waals surface area contributed by atoms with Crippen molar-refractivity contribution in [1.82, 2.24) is 0 Å². The van der Waals surface area contributed by atoms with Crippen LogP contribution in [0.25, 0.3) is 0 Å². The summed E-state index contributed by atoms with van der Waals surface area (Å²) >= 11 is 1.11. The highest BCUT2D eigenvalue weighted by Crippen LogP contribution is 1.94. The van der Waals surface area contributed by atoms with Gasteiger partial charge in [0.05, 0.1) is 0 Å². The molecule has 0 radical (unpaired) electrons. The van der Waals surface area contributed by atoms with Gasteiger partial charge in [-0.05, 0) is 5.41 Å². The largest absolute Gasteiger partial charge is 0.378 e. The van der Waals surface area contributed by atoms with Crippen LogP contribution in [0.3, 0.4) is 0 Å². The SMILES string of the molecule is C=CSC(=N)N. The van der Waals surface area contributed by atoms with Gasteiger partial charge >= 0.3 is 0 Å². The first-order chi connectivity index (χ1) is 2.77. The van der Waals surface area contributed by atoms with Crippen molar-refractivity contribution in [3.8, 4) is 0 Å². The summed E-state index contributed by atoms with van der Waals surface area (Å²) in [6.07, 6.45) is 0. The van der Waals surface area contributed by atoms with Crippen LogP contribution in [-0.2, 0) is 0 Å². The fraction of sp³-hybridized carbons (Fsp3) is 0. The van der Waals surface area contributed by atoms with Crippen LogP contribution in [0.5, 0.6) is 0 Å². The van der Waals surface area contributed by atoms with Crippen molar-refractivity contribution in [2.24, 2.45) is 5.73 Å². The number of thioether (sulfide) groups is 1. The maximum absolute atomic E-state index is 6.56. The summed E-state index contributed by atoms with van der Waals surface area (Å²) in [5.41, 5.74) is 4.88. The van der Waals surface area contributed by atoms with Crippen LogP contribution in [0.2, 0.25) is 0 Å². The lowest BCUT2D eigenvalue weighted by Gasteiger charge is -1.81. The molecule has 0 aromatic rings. The molecule has 3 heteroatoms. The monoisotopic (exact) mass is 102 g/mol. The molecule has 3 N–H and O–H groups in total. The van der Waals surface area contributed by atoms with Gasteiger partial charge in [-0.2, -0.15) is 0 Å². The third-order valence-corrected chi connectivity index (χ3v) is 0.631. The maximum Gasteiger partial charge on any atom is 0.155 e. The molecule has 0 atom stereocenters. The predicted molar refractivity (Wildman–Crippen MR) is 29.7 cm³/mol. The number of nitrogens with two attached hydrogens (primary N) is 1. The Morgan fingerprint density at radius 1 is 2.00 bits per heavy atom. The zero-order valence-electron chi connectivity index (χ0n) is 3.27. The molecule has 0 aliphatic rings. The number of hydrogen-bond acceptors (Lipinski definition) is 2. The van der Waals surface area contributed by atoms with E-state index in [9.17, 15) is 0 Å². The number of rotatable bonds is 1. The minimum atomic E-state index is 0.0880. The smallest absolute Gasteiger partial charge is 0.155 e. The van der Waals surface area contributed by atoms with Crippen LogP contribution >= 0.6 is 11.8 Å². The molecule has 2 nitrogen and oxygen atoms in total. The second-order valence-electron chi connectivity index (χ2n) is 0.649. The van der Waals surface area contributed by atoms with E-state index in [1.165, 1.54) is 5.41 Å². The second-order valence-corrected chi connectivity index (χ2v) is 1.66. The third kappa shape index (κ3) is 3.56. The van der Waals surface area contributed by atoms with Gasteiger partial charge in [0, 0.05) is 0 Å². The molecule has 0 aromatic carbocycles. The highest BCUT2D eigenvalue weighted by atomic mass is 32.2. The highest BCUT2D eigenvalue weighted by molar-refractivity contribution is 8.16. The number of amidine groups is 1. The lowest BCUT2D eigenvalue weighted by molar-refractivity contribution is 1.51. The van der Waals surface area contributed by atoms with Crippen molar-refractivity contribution in [2.45, 2.75) is 0 Å². The van der Waals surface area contributed by atoms with E-state index in [1.54, 1.807) is 0 Å². The molecule has 0 bridgehead atoms. The van der Waals surface area contributed by atoms with E-state index in [2.05, 4.69) is 6.58 Å². The molecular weight excluding hydrogens is 96.1 g/mol. The Morgan fingerprint density at radius 3 is 2.50 bits per heavy atom. The Bertz CT molecular complexity index is 69.2. The van der Waals surface area contributed by atoms with Crippen molar-refractivity contribution < 1.29 is 0 Å². The minimum Gasteiger partial charge on any atom is -0.378 e. The predicted octanol–water partition coefficient (Wildman–Crippen LogP) is 0.757. The molecule has 0 amide bonds. The molecule has 0 aliphatic heterocycles. The van der Waals surface area contributed by atoms with Gasteiger partial charge in [0.15, 0.2) is 5.17 Å². The second kappa shape index (κ2) is 2.78. The van der Waals surface area contributed by atoms with Crippen LogP contribution in [-0.4, -0.2) is 5.17 Å². The van der Waals surface area contributed by atoms with Gasteiger partial charge < -0.3 is 5.73 Å². The highest BCUT2D eigenvalue weighted by Gasteiger charge is 1.75. The van der Waals surface area contributed by atoms with E-state index in [-0.39, 0.29) is 5.17 Å². The zero-order chi connectivity index (χ0) is 4.99. The molecule has 6 heavy (non-hydrogen) atoms. The normalized spacial score (nSPS) is 7.33. The van der Waals surface area contributed by atoms with Gasteiger partial charge in [-0.25, -0.2) is 0 Å². The molecule has 0 unspecified atom stereocenters. The Balaban J connectivity index is 3.05. The van der Waals surface area contributed by atoms with Gasteiger partial charge in [0.2, 0.25) is 0 Å². The summed E-state index contributed by atoms with van der Waals surface area (Å²) in [6, 6.07) is 0. The summed E-state index contributed by atoms with van der Waals surface area (Å²) < 4.78 is 0. The Labute approximate surface area is 40.9 Å². The Morgan fingerprint density at radius 2 is 2.50 bits per heavy atom. The van der Waals surface area contributed by atoms with E-state index in [4.69, 9.17) is 11.1 Å². The van der Waals surface area contributed by atoms with Crippen molar-refractivity contribution in [1.29, 1.82) is 5.41 Å². The van der Waals surface area contributed by atoms with Crippen LogP contribution < -0.4 is 5.73 Å². The average molecular weight is 102 g/mol. The Hall–Kier alpha value is -0.440. The van der Waals surface area contributed by atoms with Crippen molar-refractivity contribution in [3.63, 3.8) is 0 Å². The molecule has 0 aliphatic carbocycles. The molecule has 0 saturated heterocycles. The topological polar surface area (TPSA) is 49.9 Å². The van der Waals surface area contributed by atoms with E-state index >= 15 is 0 Å². The number of nitrogens with one attached hydrogen (secondary N) is 1. The first kappa shape index (κ1) is 5.56. The Kier molecular flexibility index (Phi) is 2.58. The molecule has 0 saturated carbocycles. The summed E-state index contributed by atoms with van der Waals surface area (Å²) in [7, 11) is 0. The van der Waals surface area contributed by atoms with E-state index < -0.39 is 0 Å². The van der Waals surface area contributed by atoms with Crippen LogP contribution in [0.4, 0.5) is 0 Å². The van der Waals surface area contributed by atoms with Crippen molar-refractivity contribution in [3.05, 3.63) is 12.0 Å². The van der Waals surface area contributed by atoms with Crippen LogP contribution in [0.15, 0.2) is 12.0 Å². The van der Waals surface area contributed by atoms with Crippen molar-refractivity contribution in [2.75, 3.05) is 0 Å². The number of hydrogen-bond donors (Lipinski definition) is 2. The van der Waals surface area contributed by atoms with Gasteiger partial charge in [0.1, 0.15) is 0 Å². The standard InChI is InChI=1S/C3H6N2S/c1-2-6-3(4)5/h2H,1H2,(H3,4,5). The fourth-order valence-corrected chi connectivity index (χ4v) is 0.269. The lowest BCUT2D eigenvalue weighted by atomic mass is 11.3. The molecule has 34 valence electrons. The zero-order valence-corrected chi connectivity index (χ0v) is 4.09. The third-order valence-electron chi connectivity index (χ3n) is 0.210. The molecular formula is C3H6N2S. The first-order valence-electron chi connectivity index (χ1n) is 1.39.